The Bertz CT molecular complexity index is 184. The van der Waals surface area contributed by atoms with E-state index in [-0.39, 0.29) is 0 Å². The molecule has 0 aromatic rings. The van der Waals surface area contributed by atoms with Gasteiger partial charge in [-0.2, -0.15) is 11.8 Å². The largest absolute Gasteiger partial charge is 0.330 e. The lowest BCUT2D eigenvalue weighted by molar-refractivity contribution is 0.0693. The minimum atomic E-state index is 0.839. The highest BCUT2D eigenvalue weighted by Gasteiger charge is 2.32. The smallest absolute Gasteiger partial charge is 0.0131 e. The van der Waals surface area contributed by atoms with E-state index < -0.39 is 0 Å². The van der Waals surface area contributed by atoms with Gasteiger partial charge in [-0.25, -0.2) is 0 Å². The van der Waals surface area contributed by atoms with Gasteiger partial charge >= 0.3 is 0 Å². The van der Waals surface area contributed by atoms with Crippen LogP contribution in [0.4, 0.5) is 0 Å². The number of hydrogen-bond donors (Lipinski definition) is 1. The summed E-state index contributed by atoms with van der Waals surface area (Å²) in [4.78, 5) is 2.75. The van der Waals surface area contributed by atoms with Crippen LogP contribution in [0.2, 0.25) is 0 Å². The van der Waals surface area contributed by atoms with Crippen molar-refractivity contribution >= 4 is 11.8 Å². The average molecular weight is 228 g/mol. The Morgan fingerprint density at radius 3 is 2.87 bits per heavy atom. The Kier molecular flexibility index (Phi) is 4.79. The predicted octanol–water partition coefficient (Wildman–Crippen LogP) is 1.94. The Morgan fingerprint density at radius 1 is 1.13 bits per heavy atom. The summed E-state index contributed by atoms with van der Waals surface area (Å²) in [7, 11) is 0. The van der Waals surface area contributed by atoms with Gasteiger partial charge < -0.3 is 10.6 Å². The summed E-state index contributed by atoms with van der Waals surface area (Å²) >= 11 is 2.06. The number of nitrogens with zero attached hydrogens (tertiary/aromatic N) is 1. The van der Waals surface area contributed by atoms with Crippen LogP contribution in [0.5, 0.6) is 0 Å². The summed E-state index contributed by atoms with van der Waals surface area (Å²) in [6, 6.07) is 0.915. The Labute approximate surface area is 98.0 Å². The van der Waals surface area contributed by atoms with Crippen LogP contribution in [0.1, 0.15) is 32.1 Å². The molecule has 0 unspecified atom stereocenters. The van der Waals surface area contributed by atoms with Crippen LogP contribution in [0, 0.1) is 5.92 Å². The van der Waals surface area contributed by atoms with Crippen LogP contribution >= 0.6 is 11.8 Å². The number of fused-ring (bicyclic) bond motifs is 1. The molecule has 0 spiro atoms. The van der Waals surface area contributed by atoms with Gasteiger partial charge in [0.2, 0.25) is 0 Å². The molecule has 0 bridgehead atoms. The molecular formula is C12H24N2S. The summed E-state index contributed by atoms with van der Waals surface area (Å²) in [6.07, 6.45) is 7.22. The molecular weight excluding hydrogens is 204 g/mol. The number of rotatable bonds is 4. The van der Waals surface area contributed by atoms with Gasteiger partial charge in [0.15, 0.2) is 0 Å². The third kappa shape index (κ3) is 3.11. The fraction of sp³-hybridized carbons (Fsp3) is 1.00. The molecule has 2 N–H and O–H groups in total. The van der Waals surface area contributed by atoms with E-state index in [9.17, 15) is 0 Å². The predicted molar refractivity (Wildman–Crippen MR) is 68.3 cm³/mol. The minimum absolute atomic E-state index is 0.839. The van der Waals surface area contributed by atoms with Gasteiger partial charge in [0, 0.05) is 18.3 Å². The van der Waals surface area contributed by atoms with Gasteiger partial charge in [0.25, 0.3) is 0 Å². The van der Waals surface area contributed by atoms with Crippen LogP contribution in [0.25, 0.3) is 0 Å². The standard InChI is InChI=1S/C12H24N2S/c13-6-9-15-10-11-4-3-8-14-7-2-1-5-12(11)14/h11-12H,1-10,13H2/t11-,12-/m1/s1. The molecule has 0 saturated carbocycles. The molecule has 0 aromatic carbocycles. The molecule has 88 valence electrons. The molecule has 2 rings (SSSR count). The molecule has 2 aliphatic heterocycles. The van der Waals surface area contributed by atoms with Crippen molar-refractivity contribution in [2.45, 2.75) is 38.1 Å². The molecule has 2 heterocycles. The maximum atomic E-state index is 5.54. The molecule has 2 nitrogen and oxygen atoms in total. The number of nitrogens with two attached hydrogens (primary N) is 1. The monoisotopic (exact) mass is 228 g/mol. The second-order valence-electron chi connectivity index (χ2n) is 4.86. The summed E-state index contributed by atoms with van der Waals surface area (Å²) in [6.45, 7) is 3.57. The Morgan fingerprint density at radius 2 is 2.00 bits per heavy atom. The molecule has 0 aromatic heterocycles. The van der Waals surface area contributed by atoms with Crippen molar-refractivity contribution in [1.29, 1.82) is 0 Å². The third-order valence-corrected chi connectivity index (χ3v) is 5.01. The van der Waals surface area contributed by atoms with Crippen LogP contribution in [-0.4, -0.2) is 42.1 Å². The molecule has 0 radical (unpaired) electrons. The second-order valence-corrected chi connectivity index (χ2v) is 6.01. The van der Waals surface area contributed by atoms with E-state index in [2.05, 4.69) is 16.7 Å². The van der Waals surface area contributed by atoms with Gasteiger partial charge in [0.05, 0.1) is 0 Å². The minimum Gasteiger partial charge on any atom is -0.330 e. The normalized spacial score (nSPS) is 32.6. The average Bonchev–Trinajstić information content (AvgIpc) is 2.30. The first-order valence-electron chi connectivity index (χ1n) is 6.43. The van der Waals surface area contributed by atoms with Crippen molar-refractivity contribution in [2.24, 2.45) is 11.7 Å². The summed E-state index contributed by atoms with van der Waals surface area (Å²) < 4.78 is 0. The van der Waals surface area contributed by atoms with Gasteiger partial charge in [-0.3, -0.25) is 0 Å². The van der Waals surface area contributed by atoms with E-state index in [0.29, 0.717) is 0 Å². The van der Waals surface area contributed by atoms with E-state index in [1.165, 1.54) is 50.9 Å². The van der Waals surface area contributed by atoms with Gasteiger partial charge in [-0.15, -0.1) is 0 Å². The number of hydrogen-bond acceptors (Lipinski definition) is 3. The molecule has 2 atom stereocenters. The number of piperidine rings is 2. The van der Waals surface area contributed by atoms with Crippen LogP contribution < -0.4 is 5.73 Å². The second kappa shape index (κ2) is 6.12. The van der Waals surface area contributed by atoms with Crippen LogP contribution in [0.15, 0.2) is 0 Å². The lowest BCUT2D eigenvalue weighted by atomic mass is 9.85. The van der Waals surface area contributed by atoms with Crippen LogP contribution in [-0.2, 0) is 0 Å². The highest BCUT2D eigenvalue weighted by molar-refractivity contribution is 7.99. The molecule has 2 fully saturated rings. The highest BCUT2D eigenvalue weighted by Crippen LogP contribution is 2.32. The lowest BCUT2D eigenvalue weighted by Crippen LogP contribution is -2.48. The topological polar surface area (TPSA) is 29.3 Å². The van der Waals surface area contributed by atoms with Gasteiger partial charge in [-0.1, -0.05) is 6.42 Å². The van der Waals surface area contributed by atoms with E-state index in [0.717, 1.165) is 24.3 Å². The lowest BCUT2D eigenvalue weighted by Gasteiger charge is -2.44. The van der Waals surface area contributed by atoms with Crippen molar-refractivity contribution in [1.82, 2.24) is 4.90 Å². The van der Waals surface area contributed by atoms with Crippen molar-refractivity contribution in [2.75, 3.05) is 31.1 Å². The maximum Gasteiger partial charge on any atom is 0.0131 e. The summed E-state index contributed by atoms with van der Waals surface area (Å²) in [5.41, 5.74) is 5.54. The Balaban J connectivity index is 1.81. The Hall–Kier alpha value is 0.270. The van der Waals surface area contributed by atoms with Crippen molar-refractivity contribution in [3.8, 4) is 0 Å². The maximum absolute atomic E-state index is 5.54. The van der Waals surface area contributed by atoms with Crippen LogP contribution in [0.3, 0.4) is 0 Å². The first-order chi connectivity index (χ1) is 7.42. The summed E-state index contributed by atoms with van der Waals surface area (Å²) in [5.74, 6) is 3.44. The molecule has 0 aliphatic carbocycles. The highest BCUT2D eigenvalue weighted by atomic mass is 32.2. The fourth-order valence-corrected chi connectivity index (χ4v) is 4.11. The van der Waals surface area contributed by atoms with E-state index >= 15 is 0 Å². The van der Waals surface area contributed by atoms with Gasteiger partial charge in [0.1, 0.15) is 0 Å². The molecule has 0 amide bonds. The summed E-state index contributed by atoms with van der Waals surface area (Å²) in [5, 5.41) is 0. The van der Waals surface area contributed by atoms with E-state index in [1.807, 2.05) is 0 Å². The zero-order chi connectivity index (χ0) is 10.5. The van der Waals surface area contributed by atoms with Crippen molar-refractivity contribution in [3.63, 3.8) is 0 Å². The number of thioether (sulfide) groups is 1. The molecule has 2 saturated heterocycles. The quantitative estimate of drug-likeness (QED) is 0.746. The zero-order valence-electron chi connectivity index (χ0n) is 9.66. The fourth-order valence-electron chi connectivity index (χ4n) is 3.09. The molecule has 15 heavy (non-hydrogen) atoms. The third-order valence-electron chi connectivity index (χ3n) is 3.82. The van der Waals surface area contributed by atoms with Crippen molar-refractivity contribution in [3.05, 3.63) is 0 Å². The zero-order valence-corrected chi connectivity index (χ0v) is 10.5. The van der Waals surface area contributed by atoms with Gasteiger partial charge in [-0.05, 0) is 50.4 Å². The first-order valence-corrected chi connectivity index (χ1v) is 7.59. The van der Waals surface area contributed by atoms with Crippen molar-refractivity contribution < 1.29 is 0 Å². The van der Waals surface area contributed by atoms with E-state index in [4.69, 9.17) is 5.73 Å². The molecule has 2 aliphatic rings. The first kappa shape index (κ1) is 11.7. The SMILES string of the molecule is NCCSC[C@H]1CCCN2CCCC[C@H]12. The molecule has 3 heteroatoms. The van der Waals surface area contributed by atoms with E-state index in [1.54, 1.807) is 0 Å².